The summed E-state index contributed by atoms with van der Waals surface area (Å²) in [7, 11) is 1.58. The van der Waals surface area contributed by atoms with Crippen molar-refractivity contribution >= 4 is 23.7 Å². The molecule has 0 aliphatic rings. The molecule has 8 nitrogen and oxygen atoms in total. The molecule has 2 aromatic rings. The molecule has 0 radical (unpaired) electrons. The lowest BCUT2D eigenvalue weighted by atomic mass is 10.1. The third-order valence-corrected chi connectivity index (χ3v) is 4.85. The Bertz CT molecular complexity index is 873. The summed E-state index contributed by atoms with van der Waals surface area (Å²) >= 11 is 0. The van der Waals surface area contributed by atoms with Crippen LogP contribution in [0.15, 0.2) is 48.7 Å². The first kappa shape index (κ1) is 24.0. The number of nitrogens with zero attached hydrogens (tertiary/aromatic N) is 2. The summed E-state index contributed by atoms with van der Waals surface area (Å²) in [5, 5.41) is 0. The number of aromatic nitrogens is 1. The number of esters is 2. The molecule has 4 N–H and O–H groups in total. The molecular weight excluding hydrogens is 396 g/mol. The number of hydrogen-bond acceptors (Lipinski definition) is 7. The lowest BCUT2D eigenvalue weighted by Crippen LogP contribution is -2.42. The van der Waals surface area contributed by atoms with Gasteiger partial charge >= 0.3 is 11.9 Å². The van der Waals surface area contributed by atoms with E-state index in [0.717, 1.165) is 11.1 Å². The van der Waals surface area contributed by atoms with E-state index in [2.05, 4.69) is 4.98 Å². The topological polar surface area (TPSA) is 129 Å². The standard InChI is InChI=1S/C23H30N4O4/c1-27(23(30)19(24)11-10-17-6-3-2-4-7-17)15-13-22(29)31-21(28)9-5-8-18-12-14-26-20(25)16-18/h2-4,6-7,12,14,16,19H,5,8-11,13,15,24H2,1H3,(H2,25,26). The lowest BCUT2D eigenvalue weighted by molar-refractivity contribution is -0.159. The molecule has 1 amide bonds. The molecule has 0 bridgehead atoms. The Balaban J connectivity index is 1.63. The zero-order chi connectivity index (χ0) is 22.6. The number of aryl methyl sites for hydroxylation is 2. The maximum Gasteiger partial charge on any atom is 0.315 e. The first-order chi connectivity index (χ1) is 14.8. The minimum atomic E-state index is -0.657. The summed E-state index contributed by atoms with van der Waals surface area (Å²) in [6.07, 6.45) is 4.03. The smallest absolute Gasteiger partial charge is 0.315 e. The van der Waals surface area contributed by atoms with Crippen molar-refractivity contribution in [1.29, 1.82) is 0 Å². The highest BCUT2D eigenvalue weighted by Crippen LogP contribution is 2.09. The van der Waals surface area contributed by atoms with Gasteiger partial charge in [0.1, 0.15) is 5.82 Å². The minimum Gasteiger partial charge on any atom is -0.393 e. The van der Waals surface area contributed by atoms with E-state index in [9.17, 15) is 14.4 Å². The first-order valence-corrected chi connectivity index (χ1v) is 10.3. The second kappa shape index (κ2) is 12.4. The van der Waals surface area contributed by atoms with Gasteiger partial charge in [0.15, 0.2) is 0 Å². The average Bonchev–Trinajstić information content (AvgIpc) is 2.76. The number of hydrogen-bond donors (Lipinski definition) is 2. The summed E-state index contributed by atoms with van der Waals surface area (Å²) in [5.74, 6) is -1.06. The van der Waals surface area contributed by atoms with Crippen molar-refractivity contribution in [3.8, 4) is 0 Å². The monoisotopic (exact) mass is 426 g/mol. The van der Waals surface area contributed by atoms with Crippen LogP contribution < -0.4 is 11.5 Å². The van der Waals surface area contributed by atoms with Gasteiger partial charge in [-0.1, -0.05) is 30.3 Å². The van der Waals surface area contributed by atoms with Crippen LogP contribution in [-0.4, -0.2) is 47.4 Å². The van der Waals surface area contributed by atoms with Gasteiger partial charge < -0.3 is 21.1 Å². The van der Waals surface area contributed by atoms with Crippen molar-refractivity contribution in [3.05, 3.63) is 59.8 Å². The highest BCUT2D eigenvalue weighted by Gasteiger charge is 2.19. The fourth-order valence-electron chi connectivity index (χ4n) is 3.06. The summed E-state index contributed by atoms with van der Waals surface area (Å²) in [6.45, 7) is 0.139. The molecule has 0 saturated carbocycles. The van der Waals surface area contributed by atoms with Crippen LogP contribution in [0.5, 0.6) is 0 Å². The maximum atomic E-state index is 12.4. The van der Waals surface area contributed by atoms with Crippen LogP contribution in [0.1, 0.15) is 36.8 Å². The van der Waals surface area contributed by atoms with Gasteiger partial charge in [-0.2, -0.15) is 0 Å². The van der Waals surface area contributed by atoms with E-state index in [-0.39, 0.29) is 25.3 Å². The zero-order valence-corrected chi connectivity index (χ0v) is 17.8. The Morgan fingerprint density at radius 2 is 1.74 bits per heavy atom. The number of nitrogens with two attached hydrogens (primary N) is 2. The number of carbonyl (C=O) groups is 3. The second-order valence-corrected chi connectivity index (χ2v) is 7.43. The summed E-state index contributed by atoms with van der Waals surface area (Å²) in [5.41, 5.74) is 13.7. The Labute approximate surface area is 182 Å². The molecule has 0 aliphatic carbocycles. The van der Waals surface area contributed by atoms with Crippen LogP contribution in [0.25, 0.3) is 0 Å². The van der Waals surface area contributed by atoms with Gasteiger partial charge in [0.25, 0.3) is 0 Å². The normalized spacial score (nSPS) is 11.5. The van der Waals surface area contributed by atoms with Crippen LogP contribution >= 0.6 is 0 Å². The van der Waals surface area contributed by atoms with Gasteiger partial charge in [-0.3, -0.25) is 14.4 Å². The predicted octanol–water partition coefficient (Wildman–Crippen LogP) is 1.86. The summed E-state index contributed by atoms with van der Waals surface area (Å²) < 4.78 is 4.82. The van der Waals surface area contributed by atoms with Gasteiger partial charge in [0, 0.05) is 26.2 Å². The number of benzene rings is 1. The molecule has 2 rings (SSSR count). The van der Waals surface area contributed by atoms with Crippen LogP contribution in [0.2, 0.25) is 0 Å². The van der Waals surface area contributed by atoms with Gasteiger partial charge in [-0.25, -0.2) is 4.98 Å². The highest BCUT2D eigenvalue weighted by molar-refractivity contribution is 5.86. The molecule has 1 heterocycles. The van der Waals surface area contributed by atoms with Gasteiger partial charge in [0.05, 0.1) is 12.5 Å². The van der Waals surface area contributed by atoms with Crippen LogP contribution in [0, 0.1) is 0 Å². The van der Waals surface area contributed by atoms with Crippen molar-refractivity contribution in [2.75, 3.05) is 19.3 Å². The quantitative estimate of drug-likeness (QED) is 0.414. The fraction of sp³-hybridized carbons (Fsp3) is 0.391. The molecule has 1 aromatic carbocycles. The van der Waals surface area contributed by atoms with E-state index < -0.39 is 18.0 Å². The molecule has 166 valence electrons. The zero-order valence-electron chi connectivity index (χ0n) is 17.8. The third-order valence-electron chi connectivity index (χ3n) is 4.85. The van der Waals surface area contributed by atoms with E-state index in [1.807, 2.05) is 36.4 Å². The van der Waals surface area contributed by atoms with Crippen molar-refractivity contribution < 1.29 is 19.1 Å². The number of nitrogen functional groups attached to an aromatic ring is 1. The number of likely N-dealkylation sites (N-methyl/N-ethyl adjacent to an activating group) is 1. The Morgan fingerprint density at radius 1 is 1.03 bits per heavy atom. The van der Waals surface area contributed by atoms with E-state index in [1.54, 1.807) is 19.3 Å². The number of pyridine rings is 1. The van der Waals surface area contributed by atoms with Crippen LogP contribution in [-0.2, 0) is 32.0 Å². The van der Waals surface area contributed by atoms with E-state index in [4.69, 9.17) is 16.2 Å². The summed E-state index contributed by atoms with van der Waals surface area (Å²) in [4.78, 5) is 41.4. The molecular formula is C23H30N4O4. The Hall–Kier alpha value is -3.26. The summed E-state index contributed by atoms with van der Waals surface area (Å²) in [6, 6.07) is 12.7. The highest BCUT2D eigenvalue weighted by atomic mass is 16.6. The van der Waals surface area contributed by atoms with Gasteiger partial charge in [0.2, 0.25) is 5.91 Å². The van der Waals surface area contributed by atoms with Gasteiger partial charge in [-0.05, 0) is 48.9 Å². The average molecular weight is 427 g/mol. The number of ether oxygens (including phenoxy) is 1. The minimum absolute atomic E-state index is 0.0692. The Morgan fingerprint density at radius 3 is 2.45 bits per heavy atom. The largest absolute Gasteiger partial charge is 0.393 e. The van der Waals surface area contributed by atoms with Crippen molar-refractivity contribution in [2.45, 2.75) is 44.6 Å². The molecule has 0 aliphatic heterocycles. The predicted molar refractivity (Wildman–Crippen MR) is 118 cm³/mol. The van der Waals surface area contributed by atoms with Crippen LogP contribution in [0.4, 0.5) is 5.82 Å². The lowest BCUT2D eigenvalue weighted by Gasteiger charge is -2.21. The molecule has 0 saturated heterocycles. The van der Waals surface area contributed by atoms with E-state index in [1.165, 1.54) is 4.90 Å². The molecule has 0 fully saturated rings. The third kappa shape index (κ3) is 8.96. The van der Waals surface area contributed by atoms with Crippen LogP contribution in [0.3, 0.4) is 0 Å². The van der Waals surface area contributed by atoms with Crippen molar-refractivity contribution in [2.24, 2.45) is 5.73 Å². The van der Waals surface area contributed by atoms with E-state index in [0.29, 0.717) is 31.5 Å². The van der Waals surface area contributed by atoms with Crippen molar-refractivity contribution in [3.63, 3.8) is 0 Å². The molecule has 1 atom stereocenters. The molecule has 31 heavy (non-hydrogen) atoms. The number of carbonyl (C=O) groups excluding carboxylic acids is 3. The Kier molecular flexibility index (Phi) is 9.64. The maximum absolute atomic E-state index is 12.4. The van der Waals surface area contributed by atoms with Crippen molar-refractivity contribution in [1.82, 2.24) is 9.88 Å². The molecule has 8 heteroatoms. The second-order valence-electron chi connectivity index (χ2n) is 7.43. The van der Waals surface area contributed by atoms with Gasteiger partial charge in [-0.15, -0.1) is 0 Å². The molecule has 1 aromatic heterocycles. The molecule has 0 spiro atoms. The number of anilines is 1. The first-order valence-electron chi connectivity index (χ1n) is 10.3. The van der Waals surface area contributed by atoms with E-state index >= 15 is 0 Å². The number of rotatable bonds is 11. The SMILES string of the molecule is CN(CCC(=O)OC(=O)CCCc1ccnc(N)c1)C(=O)C(N)CCc1ccccc1. The fourth-order valence-corrected chi connectivity index (χ4v) is 3.06. The number of amides is 1. The molecule has 1 unspecified atom stereocenters.